The molecule has 2 N–H and O–H groups in total. The van der Waals surface area contributed by atoms with Crippen LogP contribution in [0.5, 0.6) is 0 Å². The number of halogens is 1. The van der Waals surface area contributed by atoms with E-state index in [1.54, 1.807) is 12.1 Å². The summed E-state index contributed by atoms with van der Waals surface area (Å²) in [6, 6.07) is 10.6. The van der Waals surface area contributed by atoms with E-state index in [4.69, 9.17) is 4.42 Å². The highest BCUT2D eigenvalue weighted by Gasteiger charge is 2.19. The van der Waals surface area contributed by atoms with E-state index in [0.717, 1.165) is 42.8 Å². The third-order valence-corrected chi connectivity index (χ3v) is 4.05. The van der Waals surface area contributed by atoms with Crippen LogP contribution in [0.2, 0.25) is 0 Å². The molecule has 4 heteroatoms. The Balaban J connectivity index is 1.56. The van der Waals surface area contributed by atoms with Crippen LogP contribution >= 0.6 is 0 Å². The van der Waals surface area contributed by atoms with Crippen LogP contribution in [-0.2, 0) is 6.54 Å². The van der Waals surface area contributed by atoms with Crippen LogP contribution in [0.15, 0.2) is 40.8 Å². The van der Waals surface area contributed by atoms with Crippen LogP contribution in [0.25, 0.3) is 11.3 Å². The predicted molar refractivity (Wildman–Crippen MR) is 79.2 cm³/mol. The maximum atomic E-state index is 12.9. The zero-order valence-corrected chi connectivity index (χ0v) is 11.9. The fraction of sp³-hybridized carbons (Fsp3) is 0.412. The van der Waals surface area contributed by atoms with Crippen LogP contribution < -0.4 is 5.32 Å². The molecule has 0 spiro atoms. The molecule has 0 atom stereocenters. The minimum Gasteiger partial charge on any atom is -0.460 e. The molecule has 0 aliphatic heterocycles. The van der Waals surface area contributed by atoms with Gasteiger partial charge in [-0.3, -0.25) is 0 Å². The van der Waals surface area contributed by atoms with Crippen LogP contribution in [-0.4, -0.2) is 17.3 Å². The van der Waals surface area contributed by atoms with E-state index in [9.17, 15) is 9.50 Å². The molecule has 0 bridgehead atoms. The normalized spacial score (nSPS) is 22.4. The summed E-state index contributed by atoms with van der Waals surface area (Å²) in [5, 5.41) is 13.0. The summed E-state index contributed by atoms with van der Waals surface area (Å²) in [7, 11) is 0. The van der Waals surface area contributed by atoms with E-state index in [1.807, 2.05) is 12.1 Å². The third kappa shape index (κ3) is 3.71. The van der Waals surface area contributed by atoms with Gasteiger partial charge in [-0.25, -0.2) is 4.39 Å². The molecule has 1 aromatic carbocycles. The highest BCUT2D eigenvalue weighted by atomic mass is 19.1. The molecule has 1 saturated carbocycles. The highest BCUT2D eigenvalue weighted by molar-refractivity contribution is 5.57. The van der Waals surface area contributed by atoms with Crippen molar-refractivity contribution in [3.05, 3.63) is 48.0 Å². The fourth-order valence-electron chi connectivity index (χ4n) is 2.77. The number of hydrogen-bond donors (Lipinski definition) is 2. The number of hydrogen-bond acceptors (Lipinski definition) is 3. The number of furan rings is 1. The summed E-state index contributed by atoms with van der Waals surface area (Å²) in [5.41, 5.74) is 0.878. The summed E-state index contributed by atoms with van der Waals surface area (Å²) >= 11 is 0. The molecule has 0 unspecified atom stereocenters. The molecule has 21 heavy (non-hydrogen) atoms. The summed E-state index contributed by atoms with van der Waals surface area (Å²) in [6.45, 7) is 0.682. The van der Waals surface area contributed by atoms with Crippen molar-refractivity contribution < 1.29 is 13.9 Å². The average Bonchev–Trinajstić information content (AvgIpc) is 2.96. The first-order valence-corrected chi connectivity index (χ1v) is 7.47. The molecule has 1 aliphatic carbocycles. The van der Waals surface area contributed by atoms with E-state index in [1.165, 1.54) is 12.1 Å². The van der Waals surface area contributed by atoms with Gasteiger partial charge in [-0.05, 0) is 62.1 Å². The smallest absolute Gasteiger partial charge is 0.134 e. The van der Waals surface area contributed by atoms with Crippen LogP contribution in [0, 0.1) is 5.82 Å². The van der Waals surface area contributed by atoms with E-state index in [-0.39, 0.29) is 11.9 Å². The lowest BCUT2D eigenvalue weighted by atomic mass is 9.93. The Bertz CT molecular complexity index is 571. The zero-order valence-electron chi connectivity index (χ0n) is 11.9. The second kappa shape index (κ2) is 6.41. The van der Waals surface area contributed by atoms with Gasteiger partial charge in [-0.1, -0.05) is 0 Å². The molecule has 1 aromatic heterocycles. The van der Waals surface area contributed by atoms with Gasteiger partial charge < -0.3 is 14.8 Å². The lowest BCUT2D eigenvalue weighted by Crippen LogP contribution is -2.34. The Morgan fingerprint density at radius 2 is 1.76 bits per heavy atom. The van der Waals surface area contributed by atoms with E-state index in [2.05, 4.69) is 5.32 Å². The van der Waals surface area contributed by atoms with E-state index >= 15 is 0 Å². The molecule has 112 valence electrons. The minimum atomic E-state index is -0.244. The average molecular weight is 289 g/mol. The molecule has 0 saturated heterocycles. The molecular weight excluding hydrogens is 269 g/mol. The summed E-state index contributed by atoms with van der Waals surface area (Å²) in [6.07, 6.45) is 3.63. The molecular formula is C17H20FNO2. The Kier molecular flexibility index (Phi) is 4.36. The van der Waals surface area contributed by atoms with Crippen molar-refractivity contribution in [3.8, 4) is 11.3 Å². The summed E-state index contributed by atoms with van der Waals surface area (Å²) < 4.78 is 18.7. The highest BCUT2D eigenvalue weighted by Crippen LogP contribution is 2.23. The number of rotatable bonds is 4. The van der Waals surface area contributed by atoms with Gasteiger partial charge >= 0.3 is 0 Å². The van der Waals surface area contributed by atoms with Gasteiger partial charge in [0.1, 0.15) is 17.3 Å². The number of aliphatic hydroxyl groups is 1. The quantitative estimate of drug-likeness (QED) is 0.905. The minimum absolute atomic E-state index is 0.128. The fourth-order valence-corrected chi connectivity index (χ4v) is 2.77. The molecule has 3 nitrogen and oxygen atoms in total. The van der Waals surface area contributed by atoms with Crippen molar-refractivity contribution in [1.29, 1.82) is 0 Å². The SMILES string of the molecule is OC1CCC(NCc2ccc(-c3ccc(F)cc3)o2)CC1. The van der Waals surface area contributed by atoms with Crippen LogP contribution in [0.1, 0.15) is 31.4 Å². The largest absolute Gasteiger partial charge is 0.460 e. The van der Waals surface area contributed by atoms with E-state index < -0.39 is 0 Å². The van der Waals surface area contributed by atoms with Gasteiger partial charge in [0, 0.05) is 11.6 Å². The van der Waals surface area contributed by atoms with E-state index in [0.29, 0.717) is 12.6 Å². The first kappa shape index (κ1) is 14.3. The van der Waals surface area contributed by atoms with Gasteiger partial charge in [0.05, 0.1) is 12.6 Å². The van der Waals surface area contributed by atoms with Crippen molar-refractivity contribution >= 4 is 0 Å². The van der Waals surface area contributed by atoms with Gasteiger partial charge in [0.2, 0.25) is 0 Å². The zero-order chi connectivity index (χ0) is 14.7. The molecule has 0 amide bonds. The lowest BCUT2D eigenvalue weighted by Gasteiger charge is -2.25. The summed E-state index contributed by atoms with van der Waals surface area (Å²) in [5.74, 6) is 1.39. The van der Waals surface area contributed by atoms with Gasteiger partial charge in [0.15, 0.2) is 0 Å². The lowest BCUT2D eigenvalue weighted by molar-refractivity contribution is 0.116. The van der Waals surface area contributed by atoms with Crippen molar-refractivity contribution in [1.82, 2.24) is 5.32 Å². The topological polar surface area (TPSA) is 45.4 Å². The standard InChI is InChI=1S/C17H20FNO2/c18-13-3-1-12(2-4-13)17-10-9-16(21-17)11-19-14-5-7-15(20)8-6-14/h1-4,9-10,14-15,19-20H,5-8,11H2. The second-order valence-electron chi connectivity index (χ2n) is 5.66. The number of benzene rings is 1. The van der Waals surface area contributed by atoms with Gasteiger partial charge in [-0.15, -0.1) is 0 Å². The number of aliphatic hydroxyl groups excluding tert-OH is 1. The Hall–Kier alpha value is -1.65. The molecule has 1 fully saturated rings. The Morgan fingerprint density at radius 1 is 1.05 bits per heavy atom. The molecule has 1 aliphatic rings. The maximum absolute atomic E-state index is 12.9. The summed E-state index contributed by atoms with van der Waals surface area (Å²) in [4.78, 5) is 0. The van der Waals surface area contributed by atoms with Gasteiger partial charge in [0.25, 0.3) is 0 Å². The maximum Gasteiger partial charge on any atom is 0.134 e. The Labute approximate surface area is 123 Å². The first-order chi connectivity index (χ1) is 10.2. The molecule has 3 rings (SSSR count). The third-order valence-electron chi connectivity index (χ3n) is 4.05. The second-order valence-corrected chi connectivity index (χ2v) is 5.66. The van der Waals surface area contributed by atoms with Crippen LogP contribution in [0.4, 0.5) is 4.39 Å². The Morgan fingerprint density at radius 3 is 2.48 bits per heavy atom. The first-order valence-electron chi connectivity index (χ1n) is 7.47. The number of nitrogens with one attached hydrogen (secondary N) is 1. The van der Waals surface area contributed by atoms with Gasteiger partial charge in [-0.2, -0.15) is 0 Å². The predicted octanol–water partition coefficient (Wildman–Crippen LogP) is 3.48. The van der Waals surface area contributed by atoms with Crippen molar-refractivity contribution in [2.75, 3.05) is 0 Å². The van der Waals surface area contributed by atoms with Crippen molar-refractivity contribution in [3.63, 3.8) is 0 Å². The molecule has 1 heterocycles. The van der Waals surface area contributed by atoms with Crippen molar-refractivity contribution in [2.45, 2.75) is 44.4 Å². The molecule has 2 aromatic rings. The molecule has 0 radical (unpaired) electrons. The van der Waals surface area contributed by atoms with Crippen LogP contribution in [0.3, 0.4) is 0 Å². The monoisotopic (exact) mass is 289 g/mol. The van der Waals surface area contributed by atoms with Crippen molar-refractivity contribution in [2.24, 2.45) is 0 Å².